The fourth-order valence-electron chi connectivity index (χ4n) is 3.20. The molecule has 140 valence electrons. The van der Waals surface area contributed by atoms with E-state index >= 15 is 0 Å². The summed E-state index contributed by atoms with van der Waals surface area (Å²) in [5, 5.41) is 12.5. The Balaban J connectivity index is 1.80. The first kappa shape index (κ1) is 19.0. The number of anilines is 2. The van der Waals surface area contributed by atoms with Crippen LogP contribution in [0.4, 0.5) is 11.4 Å². The first-order valence-electron chi connectivity index (χ1n) is 8.71. The highest BCUT2D eigenvalue weighted by Crippen LogP contribution is 2.32. The fourth-order valence-corrected chi connectivity index (χ4v) is 3.49. The van der Waals surface area contributed by atoms with Crippen molar-refractivity contribution in [3.63, 3.8) is 0 Å². The minimum Gasteiger partial charge on any atom is -0.478 e. The van der Waals surface area contributed by atoms with Gasteiger partial charge in [0.15, 0.2) is 0 Å². The Morgan fingerprint density at radius 3 is 2.30 bits per heavy atom. The molecule has 6 heteroatoms. The van der Waals surface area contributed by atoms with Crippen molar-refractivity contribution in [2.45, 2.75) is 19.3 Å². The highest BCUT2D eigenvalue weighted by molar-refractivity contribution is 6.33. The Hall–Kier alpha value is -2.79. The molecular formula is C21H21ClN2O3. The van der Waals surface area contributed by atoms with Crippen LogP contribution >= 0.6 is 11.6 Å². The highest BCUT2D eigenvalue weighted by Gasteiger charge is 2.25. The number of carbonyl (C=O) groups excluding carboxylic acids is 1. The van der Waals surface area contributed by atoms with Crippen LogP contribution in [0.5, 0.6) is 0 Å². The van der Waals surface area contributed by atoms with Gasteiger partial charge in [0, 0.05) is 42.2 Å². The van der Waals surface area contributed by atoms with Gasteiger partial charge in [0.05, 0.1) is 5.02 Å². The van der Waals surface area contributed by atoms with Gasteiger partial charge in [-0.3, -0.25) is 4.79 Å². The van der Waals surface area contributed by atoms with Crippen molar-refractivity contribution in [2.75, 3.05) is 24.3 Å². The van der Waals surface area contributed by atoms with Crippen molar-refractivity contribution in [3.05, 3.63) is 58.6 Å². The average molecular weight is 385 g/mol. The summed E-state index contributed by atoms with van der Waals surface area (Å²) in [6.45, 7) is 0. The van der Waals surface area contributed by atoms with Gasteiger partial charge in [-0.1, -0.05) is 29.8 Å². The first-order chi connectivity index (χ1) is 12.9. The lowest BCUT2D eigenvalue weighted by atomic mass is 10.0. The van der Waals surface area contributed by atoms with Crippen LogP contribution in [0.1, 0.15) is 19.3 Å². The smallest absolute Gasteiger partial charge is 0.332 e. The summed E-state index contributed by atoms with van der Waals surface area (Å²) in [6, 6.07) is 13.3. The Bertz CT molecular complexity index is 918. The fraction of sp³-hybridized carbons (Fsp3) is 0.238. The summed E-state index contributed by atoms with van der Waals surface area (Å²) in [6.07, 6.45) is 1.60. The number of nitrogens with zero attached hydrogens (tertiary/aromatic N) is 1. The molecule has 5 nitrogen and oxygen atoms in total. The second-order valence-corrected chi connectivity index (χ2v) is 7.11. The van der Waals surface area contributed by atoms with Crippen molar-refractivity contribution < 1.29 is 14.7 Å². The van der Waals surface area contributed by atoms with Gasteiger partial charge >= 0.3 is 5.97 Å². The third-order valence-electron chi connectivity index (χ3n) is 4.67. The maximum atomic E-state index is 12.4. The summed E-state index contributed by atoms with van der Waals surface area (Å²) in [7, 11) is 3.96. The molecule has 1 aliphatic rings. The molecular weight excluding hydrogens is 364 g/mol. The summed E-state index contributed by atoms with van der Waals surface area (Å²) >= 11 is 6.42. The van der Waals surface area contributed by atoms with Crippen molar-refractivity contribution in [1.82, 2.24) is 0 Å². The zero-order valence-corrected chi connectivity index (χ0v) is 16.0. The van der Waals surface area contributed by atoms with E-state index in [1.807, 2.05) is 49.3 Å². The summed E-state index contributed by atoms with van der Waals surface area (Å²) < 4.78 is 0. The average Bonchev–Trinajstić information content (AvgIpc) is 3.12. The van der Waals surface area contributed by atoms with Crippen LogP contribution in [-0.2, 0) is 9.59 Å². The molecule has 0 heterocycles. The number of carboxylic acid groups (broad SMARTS) is 1. The number of nitrogens with one attached hydrogen (secondary N) is 1. The minimum atomic E-state index is -1.02. The van der Waals surface area contributed by atoms with E-state index in [1.54, 1.807) is 12.1 Å². The normalized spacial score (nSPS) is 13.6. The molecule has 0 unspecified atom stereocenters. The molecule has 0 fully saturated rings. The number of hydrogen-bond donors (Lipinski definition) is 2. The monoisotopic (exact) mass is 384 g/mol. The van der Waals surface area contributed by atoms with E-state index in [0.717, 1.165) is 16.8 Å². The number of carbonyl (C=O) groups is 2. The van der Waals surface area contributed by atoms with Gasteiger partial charge in [0.1, 0.15) is 0 Å². The molecule has 1 amide bonds. The van der Waals surface area contributed by atoms with Gasteiger partial charge in [-0.15, -0.1) is 0 Å². The van der Waals surface area contributed by atoms with Crippen LogP contribution in [0.2, 0.25) is 5.02 Å². The molecule has 1 aliphatic carbocycles. The third-order valence-corrected chi connectivity index (χ3v) is 4.98. The zero-order chi connectivity index (χ0) is 19.6. The van der Waals surface area contributed by atoms with E-state index < -0.39 is 5.97 Å². The maximum Gasteiger partial charge on any atom is 0.332 e. The van der Waals surface area contributed by atoms with Crippen molar-refractivity contribution in [3.8, 4) is 11.1 Å². The van der Waals surface area contributed by atoms with Crippen LogP contribution in [0.3, 0.4) is 0 Å². The molecule has 0 saturated heterocycles. The molecule has 0 bridgehead atoms. The topological polar surface area (TPSA) is 69.6 Å². The Labute approximate surface area is 163 Å². The van der Waals surface area contributed by atoms with E-state index in [0.29, 0.717) is 35.5 Å². The van der Waals surface area contributed by atoms with Gasteiger partial charge in [0.2, 0.25) is 0 Å². The van der Waals surface area contributed by atoms with E-state index in [9.17, 15) is 14.7 Å². The number of halogens is 1. The van der Waals surface area contributed by atoms with Crippen LogP contribution in [-0.4, -0.2) is 31.1 Å². The second-order valence-electron chi connectivity index (χ2n) is 6.71. The maximum absolute atomic E-state index is 12.4. The number of aliphatic carboxylic acids is 1. The SMILES string of the molecule is CN(C)c1ccc(-c2ccc(NC(=O)C3=C(C(=O)O)CCC3)cc2Cl)cc1. The Morgan fingerprint density at radius 1 is 1.04 bits per heavy atom. The number of carboxylic acids is 1. The van der Waals surface area contributed by atoms with Crippen LogP contribution in [0.25, 0.3) is 11.1 Å². The molecule has 2 aromatic carbocycles. The minimum absolute atomic E-state index is 0.205. The summed E-state index contributed by atoms with van der Waals surface area (Å²) in [5.74, 6) is -1.39. The lowest BCUT2D eigenvalue weighted by Crippen LogP contribution is -2.16. The Morgan fingerprint density at radius 2 is 1.70 bits per heavy atom. The molecule has 0 saturated carbocycles. The molecule has 0 spiro atoms. The zero-order valence-electron chi connectivity index (χ0n) is 15.3. The molecule has 0 aliphatic heterocycles. The summed E-state index contributed by atoms with van der Waals surface area (Å²) in [4.78, 5) is 25.7. The molecule has 0 atom stereocenters. The molecule has 3 rings (SSSR count). The van der Waals surface area contributed by atoms with Gasteiger partial charge in [0.25, 0.3) is 5.91 Å². The lowest BCUT2D eigenvalue weighted by molar-refractivity contribution is -0.133. The lowest BCUT2D eigenvalue weighted by Gasteiger charge is -2.14. The molecule has 0 radical (unpaired) electrons. The summed E-state index contributed by atoms with van der Waals surface area (Å²) in [5.41, 5.74) is 4.04. The van der Waals surface area contributed by atoms with Crippen molar-refractivity contribution in [1.29, 1.82) is 0 Å². The van der Waals surface area contributed by atoms with E-state index in [-0.39, 0.29) is 11.5 Å². The molecule has 0 aromatic heterocycles. The van der Waals surface area contributed by atoms with Gasteiger partial charge < -0.3 is 15.3 Å². The number of rotatable bonds is 5. The van der Waals surface area contributed by atoms with Gasteiger partial charge in [-0.2, -0.15) is 0 Å². The predicted molar refractivity (Wildman–Crippen MR) is 108 cm³/mol. The number of amides is 1. The standard InChI is InChI=1S/C21H21ClN2O3/c1-24(2)15-9-6-13(7-10-15)16-11-8-14(12-19(16)22)23-20(25)17-4-3-5-18(17)21(26)27/h6-12H,3-5H2,1-2H3,(H,23,25)(H,26,27). The number of hydrogen-bond acceptors (Lipinski definition) is 3. The number of benzene rings is 2. The van der Waals surface area contributed by atoms with Crippen molar-refractivity contribution >= 4 is 34.9 Å². The Kier molecular flexibility index (Phi) is 5.51. The third kappa shape index (κ3) is 4.14. The van der Waals surface area contributed by atoms with Crippen LogP contribution in [0, 0.1) is 0 Å². The van der Waals surface area contributed by atoms with E-state index in [4.69, 9.17) is 11.6 Å². The van der Waals surface area contributed by atoms with Crippen LogP contribution < -0.4 is 10.2 Å². The van der Waals surface area contributed by atoms with E-state index in [1.165, 1.54) is 0 Å². The predicted octanol–water partition coefficient (Wildman–Crippen LogP) is 4.58. The van der Waals surface area contributed by atoms with Crippen molar-refractivity contribution in [2.24, 2.45) is 0 Å². The van der Waals surface area contributed by atoms with E-state index in [2.05, 4.69) is 5.32 Å². The second kappa shape index (κ2) is 7.84. The highest BCUT2D eigenvalue weighted by atomic mass is 35.5. The molecule has 27 heavy (non-hydrogen) atoms. The van der Waals surface area contributed by atoms with Gasteiger partial charge in [-0.25, -0.2) is 4.79 Å². The molecule has 2 N–H and O–H groups in total. The molecule has 2 aromatic rings. The first-order valence-corrected chi connectivity index (χ1v) is 9.08. The van der Waals surface area contributed by atoms with Gasteiger partial charge in [-0.05, 0) is 49.1 Å². The van der Waals surface area contributed by atoms with Crippen LogP contribution in [0.15, 0.2) is 53.6 Å². The largest absolute Gasteiger partial charge is 0.478 e. The quantitative estimate of drug-likeness (QED) is 0.791.